The van der Waals surface area contributed by atoms with Crippen molar-refractivity contribution in [1.29, 1.82) is 0 Å². The summed E-state index contributed by atoms with van der Waals surface area (Å²) in [6, 6.07) is 5.04. The first-order chi connectivity index (χ1) is 8.60. The average Bonchev–Trinajstić information content (AvgIpc) is 2.85. The topological polar surface area (TPSA) is 55.8 Å². The van der Waals surface area contributed by atoms with Crippen LogP contribution >= 0.6 is 0 Å². The number of benzene rings is 1. The van der Waals surface area contributed by atoms with E-state index in [1.165, 1.54) is 7.11 Å². The van der Waals surface area contributed by atoms with Crippen LogP contribution in [0.15, 0.2) is 18.2 Å². The van der Waals surface area contributed by atoms with Gasteiger partial charge in [-0.15, -0.1) is 0 Å². The molecule has 0 bridgehead atoms. The lowest BCUT2D eigenvalue weighted by Crippen LogP contribution is -2.35. The predicted octanol–water partition coefficient (Wildman–Crippen LogP) is 2.19. The summed E-state index contributed by atoms with van der Waals surface area (Å²) in [5.74, 6) is 0.789. The van der Waals surface area contributed by atoms with E-state index in [0.717, 1.165) is 12.8 Å². The lowest BCUT2D eigenvalue weighted by molar-refractivity contribution is 0.0350. The Hall–Kier alpha value is -1.55. The fourth-order valence-corrected chi connectivity index (χ4v) is 2.43. The van der Waals surface area contributed by atoms with E-state index in [1.54, 1.807) is 25.3 Å². The van der Waals surface area contributed by atoms with Crippen LogP contribution in [0.5, 0.6) is 11.5 Å². The average molecular weight is 250 g/mol. The Labute approximate surface area is 107 Å². The molecule has 98 valence electrons. The number of hydrogen-bond donors (Lipinski definition) is 1. The number of hydrogen-bond acceptors (Lipinski definition) is 4. The van der Waals surface area contributed by atoms with E-state index < -0.39 is 5.60 Å². The molecule has 0 saturated heterocycles. The highest BCUT2D eigenvalue weighted by Crippen LogP contribution is 2.36. The molecule has 0 unspecified atom stereocenters. The third-order valence-corrected chi connectivity index (χ3v) is 3.50. The molecule has 1 fully saturated rings. The fraction of sp³-hybridized carbons (Fsp3) is 0.500. The Kier molecular flexibility index (Phi) is 3.57. The van der Waals surface area contributed by atoms with Crippen molar-refractivity contribution in [1.82, 2.24) is 0 Å². The molecule has 1 aromatic carbocycles. The number of methoxy groups -OCH3 is 2. The fourth-order valence-electron chi connectivity index (χ4n) is 2.43. The highest BCUT2D eigenvalue weighted by atomic mass is 16.5. The first kappa shape index (κ1) is 12.9. The van der Waals surface area contributed by atoms with Gasteiger partial charge in [-0.05, 0) is 43.9 Å². The van der Waals surface area contributed by atoms with Gasteiger partial charge in [-0.3, -0.25) is 4.79 Å². The monoisotopic (exact) mass is 250 g/mol. The molecule has 0 spiro atoms. The molecule has 0 amide bonds. The van der Waals surface area contributed by atoms with Crippen LogP contribution in [0.25, 0.3) is 0 Å². The molecule has 0 atom stereocenters. The van der Waals surface area contributed by atoms with E-state index >= 15 is 0 Å². The minimum Gasteiger partial charge on any atom is -0.497 e. The van der Waals surface area contributed by atoms with E-state index in [0.29, 0.717) is 29.9 Å². The molecule has 4 heteroatoms. The van der Waals surface area contributed by atoms with Gasteiger partial charge in [-0.1, -0.05) is 0 Å². The Balaban J connectivity index is 2.39. The van der Waals surface area contributed by atoms with Crippen molar-refractivity contribution in [3.63, 3.8) is 0 Å². The number of ether oxygens (including phenoxy) is 2. The molecule has 1 saturated carbocycles. The van der Waals surface area contributed by atoms with Crippen LogP contribution < -0.4 is 9.47 Å². The van der Waals surface area contributed by atoms with Gasteiger partial charge >= 0.3 is 0 Å². The van der Waals surface area contributed by atoms with Gasteiger partial charge in [0, 0.05) is 0 Å². The van der Waals surface area contributed by atoms with Gasteiger partial charge < -0.3 is 14.6 Å². The van der Waals surface area contributed by atoms with Crippen LogP contribution in [0.3, 0.4) is 0 Å². The molecule has 0 aromatic heterocycles. The Bertz CT molecular complexity index is 447. The number of Topliss-reactive ketones (excluding diaryl/α,β-unsaturated/α-hetero) is 1. The van der Waals surface area contributed by atoms with Crippen LogP contribution in [-0.4, -0.2) is 30.7 Å². The largest absolute Gasteiger partial charge is 0.497 e. The minimum absolute atomic E-state index is 0.268. The summed E-state index contributed by atoms with van der Waals surface area (Å²) in [7, 11) is 3.05. The molecule has 0 heterocycles. The lowest BCUT2D eigenvalue weighted by atomic mass is 9.91. The zero-order valence-electron chi connectivity index (χ0n) is 10.7. The molecule has 2 rings (SSSR count). The Morgan fingerprint density at radius 2 is 1.89 bits per heavy atom. The normalized spacial score (nSPS) is 17.5. The highest BCUT2D eigenvalue weighted by molar-refractivity contribution is 6.04. The highest BCUT2D eigenvalue weighted by Gasteiger charge is 2.40. The maximum Gasteiger partial charge on any atom is 0.198 e. The van der Waals surface area contributed by atoms with Crippen molar-refractivity contribution in [3.8, 4) is 11.5 Å². The SMILES string of the molecule is COc1ccc(OC)c(C(=O)C2(O)CCCC2)c1. The van der Waals surface area contributed by atoms with Crippen molar-refractivity contribution in [3.05, 3.63) is 23.8 Å². The van der Waals surface area contributed by atoms with Crippen molar-refractivity contribution in [2.75, 3.05) is 14.2 Å². The number of carbonyl (C=O) groups excluding carboxylic acids is 1. The van der Waals surface area contributed by atoms with Crippen molar-refractivity contribution < 1.29 is 19.4 Å². The Morgan fingerprint density at radius 1 is 1.22 bits per heavy atom. The third-order valence-electron chi connectivity index (χ3n) is 3.50. The van der Waals surface area contributed by atoms with Crippen LogP contribution in [-0.2, 0) is 0 Å². The quantitative estimate of drug-likeness (QED) is 0.832. The number of carbonyl (C=O) groups is 1. The first-order valence-electron chi connectivity index (χ1n) is 6.10. The van der Waals surface area contributed by atoms with E-state index in [1.807, 2.05) is 0 Å². The van der Waals surface area contributed by atoms with Gasteiger partial charge in [0.25, 0.3) is 0 Å². The Morgan fingerprint density at radius 3 is 2.44 bits per heavy atom. The summed E-state index contributed by atoms with van der Waals surface area (Å²) in [6.45, 7) is 0. The summed E-state index contributed by atoms with van der Waals surface area (Å²) in [5, 5.41) is 10.4. The maximum atomic E-state index is 12.4. The molecule has 1 aliphatic rings. The predicted molar refractivity (Wildman–Crippen MR) is 67.3 cm³/mol. The number of rotatable bonds is 4. The van der Waals surface area contributed by atoms with Crippen LogP contribution in [0.1, 0.15) is 36.0 Å². The standard InChI is InChI=1S/C14H18O4/c1-17-10-5-6-12(18-2)11(9-10)13(15)14(16)7-3-4-8-14/h5-6,9,16H,3-4,7-8H2,1-2H3. The molecule has 4 nitrogen and oxygen atoms in total. The summed E-state index contributed by atoms with van der Waals surface area (Å²) in [6.07, 6.45) is 2.81. The van der Waals surface area contributed by atoms with E-state index in [9.17, 15) is 9.90 Å². The zero-order valence-corrected chi connectivity index (χ0v) is 10.7. The van der Waals surface area contributed by atoms with Crippen molar-refractivity contribution in [2.45, 2.75) is 31.3 Å². The smallest absolute Gasteiger partial charge is 0.198 e. The molecule has 18 heavy (non-hydrogen) atoms. The first-order valence-corrected chi connectivity index (χ1v) is 6.10. The third kappa shape index (κ3) is 2.20. The second kappa shape index (κ2) is 4.98. The lowest BCUT2D eigenvalue weighted by Gasteiger charge is -2.21. The van der Waals surface area contributed by atoms with Gasteiger partial charge in [-0.2, -0.15) is 0 Å². The van der Waals surface area contributed by atoms with Gasteiger partial charge in [0.15, 0.2) is 5.78 Å². The van der Waals surface area contributed by atoms with E-state index in [2.05, 4.69) is 0 Å². The molecule has 1 N–H and O–H groups in total. The number of ketones is 1. The van der Waals surface area contributed by atoms with E-state index in [-0.39, 0.29) is 5.78 Å². The van der Waals surface area contributed by atoms with Crippen LogP contribution in [0.4, 0.5) is 0 Å². The van der Waals surface area contributed by atoms with E-state index in [4.69, 9.17) is 9.47 Å². The molecular formula is C14H18O4. The van der Waals surface area contributed by atoms with Gasteiger partial charge in [0.2, 0.25) is 0 Å². The molecule has 0 radical (unpaired) electrons. The summed E-state index contributed by atoms with van der Waals surface area (Å²) < 4.78 is 10.3. The molecule has 1 aromatic rings. The minimum atomic E-state index is -1.24. The molecule has 1 aliphatic carbocycles. The van der Waals surface area contributed by atoms with Crippen molar-refractivity contribution in [2.24, 2.45) is 0 Å². The second-order valence-electron chi connectivity index (χ2n) is 4.63. The number of aliphatic hydroxyl groups is 1. The van der Waals surface area contributed by atoms with Crippen LogP contribution in [0.2, 0.25) is 0 Å². The van der Waals surface area contributed by atoms with Gasteiger partial charge in [0.1, 0.15) is 17.1 Å². The zero-order chi connectivity index (χ0) is 13.2. The second-order valence-corrected chi connectivity index (χ2v) is 4.63. The summed E-state index contributed by atoms with van der Waals surface area (Å²) in [5.41, 5.74) is -0.846. The van der Waals surface area contributed by atoms with Crippen molar-refractivity contribution >= 4 is 5.78 Å². The summed E-state index contributed by atoms with van der Waals surface area (Å²) >= 11 is 0. The summed E-state index contributed by atoms with van der Waals surface area (Å²) in [4.78, 5) is 12.4. The van der Waals surface area contributed by atoms with Crippen LogP contribution in [0, 0.1) is 0 Å². The molecular weight excluding hydrogens is 232 g/mol. The maximum absolute atomic E-state index is 12.4. The van der Waals surface area contributed by atoms with Gasteiger partial charge in [-0.25, -0.2) is 0 Å². The molecule has 0 aliphatic heterocycles. The van der Waals surface area contributed by atoms with Gasteiger partial charge in [0.05, 0.1) is 19.8 Å².